The van der Waals surface area contributed by atoms with Gasteiger partial charge >= 0.3 is 11.9 Å². The Balaban J connectivity index is 2.25. The summed E-state index contributed by atoms with van der Waals surface area (Å²) < 4.78 is 9.87. The second-order valence-corrected chi connectivity index (χ2v) is 5.98. The maximum absolute atomic E-state index is 12.9. The second-order valence-electron chi connectivity index (χ2n) is 5.98. The highest BCUT2D eigenvalue weighted by Crippen LogP contribution is 2.37. The number of esters is 2. The van der Waals surface area contributed by atoms with Crippen molar-refractivity contribution in [1.29, 1.82) is 0 Å². The number of carbonyl (C=O) groups is 5. The van der Waals surface area contributed by atoms with E-state index < -0.39 is 41.2 Å². The van der Waals surface area contributed by atoms with E-state index in [0.717, 1.165) is 14.0 Å². The van der Waals surface area contributed by atoms with Crippen molar-refractivity contribution in [2.24, 2.45) is 0 Å². The molecule has 2 heterocycles. The first kappa shape index (κ1) is 17.5. The van der Waals surface area contributed by atoms with Crippen LogP contribution in [0.4, 0.5) is 0 Å². The molecule has 0 bridgehead atoms. The number of nitrogens with zero attached hydrogens (tertiary/aromatic N) is 1. The van der Waals surface area contributed by atoms with E-state index in [0.29, 0.717) is 4.90 Å². The van der Waals surface area contributed by atoms with Crippen molar-refractivity contribution in [2.75, 3.05) is 7.11 Å². The SMILES string of the molecule is COC(=O)C(C(C)=O)(C1C=C(C)C(=O)O1)N1C(=O)c2ccccc2C1=O. The number of imide groups is 1. The van der Waals surface area contributed by atoms with Crippen LogP contribution < -0.4 is 0 Å². The molecule has 8 heteroatoms. The first-order chi connectivity index (χ1) is 12.3. The van der Waals surface area contributed by atoms with Crippen LogP contribution in [0.2, 0.25) is 0 Å². The van der Waals surface area contributed by atoms with E-state index >= 15 is 0 Å². The molecule has 0 aliphatic carbocycles. The molecule has 0 saturated carbocycles. The van der Waals surface area contributed by atoms with Crippen LogP contribution in [0.3, 0.4) is 0 Å². The minimum absolute atomic E-state index is 0.0528. The Morgan fingerprint density at radius 1 is 1.12 bits per heavy atom. The standard InChI is InChI=1S/C18H15NO7/c1-9-8-13(26-16(9)23)18(10(2)20,17(24)25-3)19-14(21)11-6-4-5-7-12(11)15(19)22/h4-8,13H,1-3H3. The molecule has 0 radical (unpaired) electrons. The molecule has 2 aliphatic heterocycles. The molecular weight excluding hydrogens is 342 g/mol. The van der Waals surface area contributed by atoms with Gasteiger partial charge in [-0.2, -0.15) is 0 Å². The fourth-order valence-corrected chi connectivity index (χ4v) is 3.24. The Morgan fingerprint density at radius 2 is 1.65 bits per heavy atom. The maximum atomic E-state index is 12.9. The molecule has 8 nitrogen and oxygen atoms in total. The van der Waals surface area contributed by atoms with E-state index in [2.05, 4.69) is 0 Å². The lowest BCUT2D eigenvalue weighted by Gasteiger charge is -2.38. The van der Waals surface area contributed by atoms with Gasteiger partial charge < -0.3 is 9.47 Å². The Morgan fingerprint density at radius 3 is 2.04 bits per heavy atom. The molecule has 0 spiro atoms. The quantitative estimate of drug-likeness (QED) is 0.442. The molecule has 0 fully saturated rings. The van der Waals surface area contributed by atoms with E-state index in [1.54, 1.807) is 12.1 Å². The van der Waals surface area contributed by atoms with Gasteiger partial charge in [-0.1, -0.05) is 12.1 Å². The van der Waals surface area contributed by atoms with Gasteiger partial charge in [-0.15, -0.1) is 0 Å². The highest BCUT2D eigenvalue weighted by atomic mass is 16.6. The molecule has 1 aromatic carbocycles. The lowest BCUT2D eigenvalue weighted by molar-refractivity contribution is -0.166. The molecule has 2 aliphatic rings. The van der Waals surface area contributed by atoms with Crippen LogP contribution in [-0.4, -0.2) is 53.2 Å². The molecule has 2 amide bonds. The fourth-order valence-electron chi connectivity index (χ4n) is 3.24. The van der Waals surface area contributed by atoms with Gasteiger partial charge in [0.2, 0.25) is 5.54 Å². The number of ether oxygens (including phenoxy) is 2. The number of cyclic esters (lactones) is 1. The van der Waals surface area contributed by atoms with Crippen molar-refractivity contribution in [3.8, 4) is 0 Å². The van der Waals surface area contributed by atoms with Gasteiger partial charge in [0.05, 0.1) is 18.2 Å². The van der Waals surface area contributed by atoms with Crippen molar-refractivity contribution in [2.45, 2.75) is 25.5 Å². The number of fused-ring (bicyclic) bond motifs is 1. The smallest absolute Gasteiger partial charge is 0.344 e. The molecule has 1 aromatic rings. The summed E-state index contributed by atoms with van der Waals surface area (Å²) in [5.41, 5.74) is -2.18. The van der Waals surface area contributed by atoms with Crippen LogP contribution in [-0.2, 0) is 23.9 Å². The second kappa shape index (κ2) is 5.91. The molecule has 2 unspecified atom stereocenters. The highest BCUT2D eigenvalue weighted by molar-refractivity contribution is 6.27. The largest absolute Gasteiger partial charge is 0.467 e. The normalized spacial score (nSPS) is 21.0. The lowest BCUT2D eigenvalue weighted by atomic mass is 9.85. The average Bonchev–Trinajstić information content (AvgIpc) is 3.07. The molecule has 3 rings (SSSR count). The summed E-state index contributed by atoms with van der Waals surface area (Å²) in [5, 5.41) is 0. The van der Waals surface area contributed by atoms with Crippen molar-refractivity contribution < 1.29 is 33.4 Å². The average molecular weight is 357 g/mol. The van der Waals surface area contributed by atoms with E-state index in [1.165, 1.54) is 25.1 Å². The molecule has 0 saturated heterocycles. The molecule has 2 atom stereocenters. The first-order valence-electron chi connectivity index (χ1n) is 7.73. The van der Waals surface area contributed by atoms with E-state index in [4.69, 9.17) is 9.47 Å². The van der Waals surface area contributed by atoms with Gasteiger partial charge in [0.25, 0.3) is 11.8 Å². The fraction of sp³-hybridized carbons (Fsp3) is 0.278. The van der Waals surface area contributed by atoms with Gasteiger partial charge in [0, 0.05) is 5.57 Å². The summed E-state index contributed by atoms with van der Waals surface area (Å²) in [7, 11) is 1.02. The monoisotopic (exact) mass is 357 g/mol. The van der Waals surface area contributed by atoms with Crippen LogP contribution in [0.15, 0.2) is 35.9 Å². The third-order valence-corrected chi connectivity index (χ3v) is 4.55. The number of Topliss-reactive ketones (excluding diaryl/α,β-unsaturated/α-hetero) is 1. The summed E-state index contributed by atoms with van der Waals surface area (Å²) >= 11 is 0. The topological polar surface area (TPSA) is 107 Å². The minimum Gasteiger partial charge on any atom is -0.467 e. The Labute approximate surface area is 148 Å². The Kier molecular flexibility index (Phi) is 3.98. The van der Waals surface area contributed by atoms with E-state index in [-0.39, 0.29) is 16.7 Å². The van der Waals surface area contributed by atoms with Crippen LogP contribution in [0, 0.1) is 0 Å². The summed E-state index contributed by atoms with van der Waals surface area (Å²) in [5.74, 6) is -4.44. The predicted molar refractivity (Wildman–Crippen MR) is 86.0 cm³/mol. The molecule has 0 N–H and O–H groups in total. The zero-order valence-electron chi connectivity index (χ0n) is 14.3. The Bertz CT molecular complexity index is 866. The zero-order chi connectivity index (χ0) is 19.2. The van der Waals surface area contributed by atoms with Crippen LogP contribution >= 0.6 is 0 Å². The number of rotatable bonds is 4. The number of hydrogen-bond acceptors (Lipinski definition) is 7. The maximum Gasteiger partial charge on any atom is 0.344 e. The third-order valence-electron chi connectivity index (χ3n) is 4.55. The number of amides is 2. The Hall–Kier alpha value is -3.29. The van der Waals surface area contributed by atoms with Crippen molar-refractivity contribution in [1.82, 2.24) is 4.90 Å². The molecule has 0 aromatic heterocycles. The third kappa shape index (κ3) is 2.11. The van der Waals surface area contributed by atoms with Crippen LogP contribution in [0.5, 0.6) is 0 Å². The molecule has 26 heavy (non-hydrogen) atoms. The first-order valence-corrected chi connectivity index (χ1v) is 7.73. The van der Waals surface area contributed by atoms with Crippen molar-refractivity contribution in [3.63, 3.8) is 0 Å². The summed E-state index contributed by atoms with van der Waals surface area (Å²) in [6.45, 7) is 2.47. The van der Waals surface area contributed by atoms with Crippen molar-refractivity contribution in [3.05, 3.63) is 47.0 Å². The van der Waals surface area contributed by atoms with E-state index in [1.807, 2.05) is 0 Å². The molecule has 134 valence electrons. The highest BCUT2D eigenvalue weighted by Gasteiger charge is 2.64. The molecular formula is C18H15NO7. The van der Waals surface area contributed by atoms with E-state index in [9.17, 15) is 24.0 Å². The predicted octanol–water partition coefficient (Wildman–Crippen LogP) is 0.655. The number of methoxy groups -OCH3 is 1. The number of carbonyl (C=O) groups excluding carboxylic acids is 5. The van der Waals surface area contributed by atoms with Gasteiger partial charge in [0.1, 0.15) is 0 Å². The number of hydrogen-bond donors (Lipinski definition) is 0. The summed E-state index contributed by atoms with van der Waals surface area (Å²) in [6, 6.07) is 5.94. The van der Waals surface area contributed by atoms with Gasteiger partial charge in [-0.25, -0.2) is 14.5 Å². The summed E-state index contributed by atoms with van der Waals surface area (Å²) in [6.07, 6.45) is -0.230. The number of ketones is 1. The van der Waals surface area contributed by atoms with Gasteiger partial charge in [0.15, 0.2) is 11.9 Å². The van der Waals surface area contributed by atoms with Gasteiger partial charge in [-0.05, 0) is 32.1 Å². The lowest BCUT2D eigenvalue weighted by Crippen LogP contribution is -2.68. The zero-order valence-corrected chi connectivity index (χ0v) is 14.3. The van der Waals surface area contributed by atoms with Crippen LogP contribution in [0.25, 0.3) is 0 Å². The number of benzene rings is 1. The van der Waals surface area contributed by atoms with Crippen molar-refractivity contribution >= 4 is 29.5 Å². The summed E-state index contributed by atoms with van der Waals surface area (Å²) in [4.78, 5) is 63.4. The van der Waals surface area contributed by atoms with Crippen LogP contribution in [0.1, 0.15) is 34.6 Å². The van der Waals surface area contributed by atoms with Gasteiger partial charge in [-0.3, -0.25) is 14.4 Å². The minimum atomic E-state index is -2.44.